The van der Waals surface area contributed by atoms with Crippen LogP contribution < -0.4 is 9.47 Å². The number of aliphatic imine (C=N–C) groups is 1. The maximum absolute atomic E-state index is 5.35. The summed E-state index contributed by atoms with van der Waals surface area (Å²) >= 11 is 5.38. The Morgan fingerprint density at radius 3 is 2.41 bits per heavy atom. The lowest BCUT2D eigenvalue weighted by atomic mass is 10.00. The van der Waals surface area contributed by atoms with E-state index >= 15 is 0 Å². The molecule has 0 radical (unpaired) electrons. The van der Waals surface area contributed by atoms with E-state index in [4.69, 9.17) is 14.5 Å². The third kappa shape index (κ3) is 3.39. The van der Waals surface area contributed by atoms with E-state index in [1.54, 1.807) is 26.0 Å². The second-order valence-electron chi connectivity index (χ2n) is 6.25. The minimum absolute atomic E-state index is 0.0566. The highest BCUT2D eigenvalue weighted by molar-refractivity contribution is 9.10. The second kappa shape index (κ2) is 7.44. The van der Waals surface area contributed by atoms with Crippen LogP contribution in [-0.4, -0.2) is 24.3 Å². The van der Waals surface area contributed by atoms with Gasteiger partial charge in [0.25, 0.3) is 0 Å². The van der Waals surface area contributed by atoms with Gasteiger partial charge in [0.2, 0.25) is 0 Å². The highest BCUT2D eigenvalue weighted by Gasteiger charge is 2.32. The van der Waals surface area contributed by atoms with Gasteiger partial charge in [-0.15, -0.1) is 0 Å². The van der Waals surface area contributed by atoms with Crippen molar-refractivity contribution in [2.24, 2.45) is 4.99 Å². The van der Waals surface area contributed by atoms with Crippen molar-refractivity contribution < 1.29 is 9.47 Å². The molecule has 0 N–H and O–H groups in total. The fourth-order valence-corrected chi connectivity index (χ4v) is 4.72. The van der Waals surface area contributed by atoms with Gasteiger partial charge < -0.3 is 14.4 Å². The van der Waals surface area contributed by atoms with E-state index in [2.05, 4.69) is 45.3 Å². The Kier molecular flexibility index (Phi) is 5.02. The minimum atomic E-state index is 0.0566. The van der Waals surface area contributed by atoms with Crippen molar-refractivity contribution in [1.82, 2.24) is 4.90 Å². The van der Waals surface area contributed by atoms with Crippen molar-refractivity contribution in [3.05, 3.63) is 75.2 Å². The number of allylic oxidation sites excluding steroid dienone is 1. The van der Waals surface area contributed by atoms with Crippen LogP contribution in [0.25, 0.3) is 5.70 Å². The highest BCUT2D eigenvalue weighted by atomic mass is 79.9. The molecule has 138 valence electrons. The molecule has 0 amide bonds. The zero-order valence-corrected chi connectivity index (χ0v) is 17.7. The average Bonchev–Trinajstić information content (AvgIpc) is 3.08. The van der Waals surface area contributed by atoms with Crippen LogP contribution in [0.5, 0.6) is 11.5 Å². The monoisotopic (exact) mass is 442 g/mol. The number of rotatable bonds is 4. The molecule has 0 saturated carbocycles. The van der Waals surface area contributed by atoms with Gasteiger partial charge in [-0.3, -0.25) is 0 Å². The molecule has 1 unspecified atom stereocenters. The van der Waals surface area contributed by atoms with Crippen LogP contribution in [0.1, 0.15) is 24.1 Å². The molecular weight excluding hydrogens is 424 g/mol. The fourth-order valence-electron chi connectivity index (χ4n) is 3.21. The molecule has 0 fully saturated rings. The molecule has 2 aliphatic rings. The second-order valence-corrected chi connectivity index (χ2v) is 7.95. The third-order valence-electron chi connectivity index (χ3n) is 4.64. The fraction of sp³-hybridized carbons (Fsp3) is 0.190. The van der Waals surface area contributed by atoms with Gasteiger partial charge in [0.1, 0.15) is 11.5 Å². The lowest BCUT2D eigenvalue weighted by Crippen LogP contribution is -2.30. The summed E-state index contributed by atoms with van der Waals surface area (Å²) in [6, 6.07) is 14.2. The van der Waals surface area contributed by atoms with Gasteiger partial charge in [0, 0.05) is 15.7 Å². The van der Waals surface area contributed by atoms with Crippen molar-refractivity contribution >= 4 is 38.6 Å². The average molecular weight is 443 g/mol. The standard InChI is InChI=1S/C21H19BrN2O2S/c1-13-12-27-21-23-19(14-4-6-15(25-2)7-5-14)11-20(24(13)21)17-9-8-16(26-3)10-18(17)22/h4-12,20H,1-3H3. The molecular formula is C21H19BrN2O2S. The Morgan fingerprint density at radius 1 is 1.04 bits per heavy atom. The van der Waals surface area contributed by atoms with Crippen LogP contribution in [0.15, 0.2) is 69.1 Å². The smallest absolute Gasteiger partial charge is 0.173 e. The minimum Gasteiger partial charge on any atom is -0.497 e. The van der Waals surface area contributed by atoms with E-state index in [-0.39, 0.29) is 6.04 Å². The zero-order chi connectivity index (χ0) is 19.0. The van der Waals surface area contributed by atoms with E-state index in [0.717, 1.165) is 32.4 Å². The number of amidine groups is 1. The van der Waals surface area contributed by atoms with Gasteiger partial charge in [-0.25, -0.2) is 4.99 Å². The first-order chi connectivity index (χ1) is 13.1. The molecule has 2 aliphatic heterocycles. The SMILES string of the molecule is COc1ccc(C2=CC(c3ccc(OC)cc3Br)N3C(C)=CSC3=N2)cc1. The summed E-state index contributed by atoms with van der Waals surface area (Å²) in [5.74, 6) is 1.67. The van der Waals surface area contributed by atoms with Gasteiger partial charge in [0.15, 0.2) is 5.17 Å². The van der Waals surface area contributed by atoms with E-state index < -0.39 is 0 Å². The Hall–Kier alpha value is -2.18. The summed E-state index contributed by atoms with van der Waals surface area (Å²) in [4.78, 5) is 7.16. The number of methoxy groups -OCH3 is 2. The number of halogens is 1. The molecule has 0 aromatic heterocycles. The summed E-state index contributed by atoms with van der Waals surface area (Å²) in [6.45, 7) is 2.12. The molecule has 2 aromatic rings. The summed E-state index contributed by atoms with van der Waals surface area (Å²) in [5.41, 5.74) is 4.40. The van der Waals surface area contributed by atoms with Crippen LogP contribution in [0.2, 0.25) is 0 Å². The first kappa shape index (κ1) is 18.2. The van der Waals surface area contributed by atoms with E-state index in [0.29, 0.717) is 0 Å². The zero-order valence-electron chi connectivity index (χ0n) is 15.3. The van der Waals surface area contributed by atoms with Crippen molar-refractivity contribution in [1.29, 1.82) is 0 Å². The lowest BCUT2D eigenvalue weighted by Gasteiger charge is -2.33. The molecule has 0 bridgehead atoms. The number of hydrogen-bond donors (Lipinski definition) is 0. The Morgan fingerprint density at radius 2 is 1.74 bits per heavy atom. The molecule has 4 nitrogen and oxygen atoms in total. The largest absolute Gasteiger partial charge is 0.497 e. The predicted molar refractivity (Wildman–Crippen MR) is 115 cm³/mol. The number of thioether (sulfide) groups is 1. The first-order valence-corrected chi connectivity index (χ1v) is 10.2. The Balaban J connectivity index is 1.78. The molecule has 0 saturated heterocycles. The summed E-state index contributed by atoms with van der Waals surface area (Å²) in [7, 11) is 3.35. The topological polar surface area (TPSA) is 34.1 Å². The Labute approximate surface area is 171 Å². The van der Waals surface area contributed by atoms with Crippen molar-refractivity contribution in [3.63, 3.8) is 0 Å². The number of benzene rings is 2. The third-order valence-corrected chi connectivity index (χ3v) is 6.29. The highest BCUT2D eigenvalue weighted by Crippen LogP contribution is 2.43. The van der Waals surface area contributed by atoms with Crippen LogP contribution in [0, 0.1) is 0 Å². The molecule has 27 heavy (non-hydrogen) atoms. The van der Waals surface area contributed by atoms with Crippen molar-refractivity contribution in [3.8, 4) is 11.5 Å². The lowest BCUT2D eigenvalue weighted by molar-refractivity contribution is 0.413. The van der Waals surface area contributed by atoms with Gasteiger partial charge >= 0.3 is 0 Å². The van der Waals surface area contributed by atoms with Gasteiger partial charge in [-0.1, -0.05) is 33.8 Å². The van der Waals surface area contributed by atoms with Gasteiger partial charge in [0.05, 0.1) is 26.0 Å². The summed E-state index contributed by atoms with van der Waals surface area (Å²) < 4.78 is 11.6. The number of hydrogen-bond acceptors (Lipinski definition) is 5. The normalized spacial score (nSPS) is 18.4. The van der Waals surface area contributed by atoms with Crippen LogP contribution in [-0.2, 0) is 0 Å². The van der Waals surface area contributed by atoms with Gasteiger partial charge in [-0.2, -0.15) is 0 Å². The molecule has 2 heterocycles. The number of nitrogens with zero attached hydrogens (tertiary/aromatic N) is 2. The van der Waals surface area contributed by atoms with Crippen LogP contribution >= 0.6 is 27.7 Å². The van der Waals surface area contributed by atoms with Gasteiger partial charge in [-0.05, 0) is 60.4 Å². The molecule has 0 spiro atoms. The van der Waals surface area contributed by atoms with Crippen molar-refractivity contribution in [2.45, 2.75) is 13.0 Å². The summed E-state index contributed by atoms with van der Waals surface area (Å²) in [5, 5.41) is 3.14. The summed E-state index contributed by atoms with van der Waals surface area (Å²) in [6.07, 6.45) is 2.21. The Bertz CT molecular complexity index is 967. The maximum Gasteiger partial charge on any atom is 0.173 e. The number of ether oxygens (including phenoxy) is 2. The molecule has 4 rings (SSSR count). The van der Waals surface area contributed by atoms with E-state index in [9.17, 15) is 0 Å². The first-order valence-electron chi connectivity index (χ1n) is 8.51. The quantitative estimate of drug-likeness (QED) is 0.596. The predicted octanol–water partition coefficient (Wildman–Crippen LogP) is 5.83. The van der Waals surface area contributed by atoms with E-state index in [1.807, 2.05) is 36.4 Å². The molecule has 2 aromatic carbocycles. The maximum atomic E-state index is 5.35. The van der Waals surface area contributed by atoms with Crippen molar-refractivity contribution in [2.75, 3.05) is 14.2 Å². The molecule has 6 heteroatoms. The molecule has 0 aliphatic carbocycles. The van der Waals surface area contributed by atoms with Crippen LogP contribution in [0.3, 0.4) is 0 Å². The molecule has 1 atom stereocenters. The van der Waals surface area contributed by atoms with Crippen LogP contribution in [0.4, 0.5) is 0 Å². The van der Waals surface area contributed by atoms with E-state index in [1.165, 1.54) is 11.3 Å². The number of fused-ring (bicyclic) bond motifs is 1.